The molecule has 5 nitrogen and oxygen atoms in total. The van der Waals surface area contributed by atoms with Gasteiger partial charge in [-0.1, -0.05) is 11.6 Å². The molecule has 94 valence electrons. The Hall–Kier alpha value is -1.07. The summed E-state index contributed by atoms with van der Waals surface area (Å²) in [4.78, 5) is 26.6. The molecule has 1 aromatic rings. The Morgan fingerprint density at radius 1 is 1.53 bits per heavy atom. The van der Waals surface area contributed by atoms with Crippen LogP contribution in [0.25, 0.3) is 0 Å². The van der Waals surface area contributed by atoms with Crippen LogP contribution in [-0.4, -0.2) is 22.3 Å². The van der Waals surface area contributed by atoms with Gasteiger partial charge in [-0.25, -0.2) is 4.79 Å². The topological polar surface area (TPSA) is 64.1 Å². The molecule has 0 aromatic carbocycles. The third-order valence-electron chi connectivity index (χ3n) is 3.64. The summed E-state index contributed by atoms with van der Waals surface area (Å²) in [6.45, 7) is 5.86. The van der Waals surface area contributed by atoms with Gasteiger partial charge in [-0.05, 0) is 27.2 Å². The molecule has 0 bridgehead atoms. The van der Waals surface area contributed by atoms with Crippen LogP contribution in [0.1, 0.15) is 25.8 Å². The van der Waals surface area contributed by atoms with E-state index in [-0.39, 0.29) is 16.8 Å². The molecule has 2 rings (SSSR count). The molecule has 2 atom stereocenters. The Morgan fingerprint density at radius 3 is 2.71 bits per heavy atom. The van der Waals surface area contributed by atoms with E-state index in [2.05, 4.69) is 4.98 Å². The van der Waals surface area contributed by atoms with E-state index in [4.69, 9.17) is 16.3 Å². The Kier molecular flexibility index (Phi) is 2.91. The third-order valence-corrected chi connectivity index (χ3v) is 4.01. The number of nitrogens with zero attached hydrogens (tertiary/aromatic N) is 1. The second-order valence-electron chi connectivity index (χ2n) is 4.63. The maximum absolute atomic E-state index is 12.2. The van der Waals surface area contributed by atoms with Crippen molar-refractivity contribution in [3.8, 4) is 0 Å². The van der Waals surface area contributed by atoms with Gasteiger partial charge in [0.15, 0.2) is 0 Å². The SMILES string of the molecule is Cc1c(Cl)[nH]c(=O)n(C2(C)CCOC2C)c1=O. The summed E-state index contributed by atoms with van der Waals surface area (Å²) in [6, 6.07) is 0. The number of nitrogens with one attached hydrogen (secondary N) is 1. The molecule has 6 heteroatoms. The van der Waals surface area contributed by atoms with Crippen molar-refractivity contribution < 1.29 is 4.74 Å². The standard InChI is InChI=1S/C11H15ClN2O3/c1-6-8(12)13-10(16)14(9(6)15)11(3)4-5-17-7(11)2/h7H,4-5H2,1-3H3,(H,13,16). The summed E-state index contributed by atoms with van der Waals surface area (Å²) in [6.07, 6.45) is 0.458. The van der Waals surface area contributed by atoms with Crippen LogP contribution in [0, 0.1) is 6.92 Å². The maximum atomic E-state index is 12.2. The Labute approximate surface area is 103 Å². The molecule has 2 unspecified atom stereocenters. The van der Waals surface area contributed by atoms with Crippen molar-refractivity contribution in [2.45, 2.75) is 38.8 Å². The summed E-state index contributed by atoms with van der Waals surface area (Å²) >= 11 is 5.78. The number of hydrogen-bond acceptors (Lipinski definition) is 3. The minimum Gasteiger partial charge on any atom is -0.376 e. The lowest BCUT2D eigenvalue weighted by atomic mass is 9.94. The molecule has 0 spiro atoms. The van der Waals surface area contributed by atoms with Crippen LogP contribution in [0.15, 0.2) is 9.59 Å². The summed E-state index contributed by atoms with van der Waals surface area (Å²) in [5.41, 5.74) is -1.09. The predicted octanol–water partition coefficient (Wildman–Crippen LogP) is 1.02. The van der Waals surface area contributed by atoms with Crippen molar-refractivity contribution in [1.82, 2.24) is 9.55 Å². The van der Waals surface area contributed by atoms with Crippen LogP contribution in [0.2, 0.25) is 5.15 Å². The second-order valence-corrected chi connectivity index (χ2v) is 5.01. The average Bonchev–Trinajstić information content (AvgIpc) is 2.57. The molecule has 1 aliphatic heterocycles. The number of hydrogen-bond donors (Lipinski definition) is 1. The zero-order chi connectivity index (χ0) is 12.8. The smallest absolute Gasteiger partial charge is 0.330 e. The average molecular weight is 259 g/mol. The van der Waals surface area contributed by atoms with E-state index in [0.717, 1.165) is 0 Å². The van der Waals surface area contributed by atoms with Gasteiger partial charge in [0.2, 0.25) is 0 Å². The summed E-state index contributed by atoms with van der Waals surface area (Å²) in [7, 11) is 0. The van der Waals surface area contributed by atoms with E-state index in [9.17, 15) is 9.59 Å². The fourth-order valence-electron chi connectivity index (χ4n) is 2.18. The van der Waals surface area contributed by atoms with Gasteiger partial charge in [-0.15, -0.1) is 0 Å². The number of aromatic nitrogens is 2. The van der Waals surface area contributed by atoms with E-state index in [1.807, 2.05) is 13.8 Å². The summed E-state index contributed by atoms with van der Waals surface area (Å²) < 4.78 is 6.69. The molecule has 2 heterocycles. The first kappa shape index (κ1) is 12.4. The van der Waals surface area contributed by atoms with Crippen molar-refractivity contribution in [2.75, 3.05) is 6.61 Å². The highest BCUT2D eigenvalue weighted by Crippen LogP contribution is 2.30. The lowest BCUT2D eigenvalue weighted by Crippen LogP contribution is -2.51. The molecule has 0 saturated carbocycles. The lowest BCUT2D eigenvalue weighted by molar-refractivity contribution is 0.0725. The molecule has 1 N–H and O–H groups in total. The molecule has 0 radical (unpaired) electrons. The normalized spacial score (nSPS) is 28.6. The molecule has 1 fully saturated rings. The summed E-state index contributed by atoms with van der Waals surface area (Å²) in [5, 5.41) is 0.103. The molecular weight excluding hydrogens is 244 g/mol. The maximum Gasteiger partial charge on any atom is 0.330 e. The Bertz CT molecular complexity index is 563. The highest BCUT2D eigenvalue weighted by atomic mass is 35.5. The largest absolute Gasteiger partial charge is 0.376 e. The van der Waals surface area contributed by atoms with Crippen molar-refractivity contribution >= 4 is 11.6 Å². The van der Waals surface area contributed by atoms with E-state index in [1.165, 1.54) is 4.57 Å². The first-order chi connectivity index (χ1) is 7.88. The van der Waals surface area contributed by atoms with Crippen molar-refractivity contribution in [1.29, 1.82) is 0 Å². The first-order valence-corrected chi connectivity index (χ1v) is 5.89. The van der Waals surface area contributed by atoms with Gasteiger partial charge in [0.05, 0.1) is 11.6 Å². The van der Waals surface area contributed by atoms with Crippen LogP contribution in [0.5, 0.6) is 0 Å². The van der Waals surface area contributed by atoms with E-state index >= 15 is 0 Å². The van der Waals surface area contributed by atoms with Crippen molar-refractivity contribution in [3.63, 3.8) is 0 Å². The molecule has 17 heavy (non-hydrogen) atoms. The van der Waals surface area contributed by atoms with E-state index in [0.29, 0.717) is 18.6 Å². The first-order valence-electron chi connectivity index (χ1n) is 5.51. The van der Waals surface area contributed by atoms with Gasteiger partial charge < -0.3 is 4.74 Å². The van der Waals surface area contributed by atoms with E-state index < -0.39 is 11.2 Å². The Balaban J connectivity index is 2.73. The fraction of sp³-hybridized carbons (Fsp3) is 0.636. The number of H-pyrrole nitrogens is 1. The van der Waals surface area contributed by atoms with Gasteiger partial charge in [-0.2, -0.15) is 0 Å². The fourth-order valence-corrected chi connectivity index (χ4v) is 2.34. The predicted molar refractivity (Wildman–Crippen MR) is 64.7 cm³/mol. The van der Waals surface area contributed by atoms with Crippen molar-refractivity contribution in [3.05, 3.63) is 31.6 Å². The lowest BCUT2D eigenvalue weighted by Gasteiger charge is -2.29. The zero-order valence-electron chi connectivity index (χ0n) is 10.0. The van der Waals surface area contributed by atoms with Crippen molar-refractivity contribution in [2.24, 2.45) is 0 Å². The highest BCUT2D eigenvalue weighted by Gasteiger charge is 2.41. The van der Waals surface area contributed by atoms with Crippen LogP contribution in [-0.2, 0) is 10.3 Å². The minimum atomic E-state index is -0.611. The molecular formula is C11H15ClN2O3. The van der Waals surface area contributed by atoms with Crippen LogP contribution in [0.3, 0.4) is 0 Å². The van der Waals surface area contributed by atoms with Crippen LogP contribution in [0.4, 0.5) is 0 Å². The monoisotopic (exact) mass is 258 g/mol. The van der Waals surface area contributed by atoms with Crippen LogP contribution >= 0.6 is 11.6 Å². The Morgan fingerprint density at radius 2 is 2.18 bits per heavy atom. The molecule has 0 amide bonds. The third kappa shape index (κ3) is 1.73. The van der Waals surface area contributed by atoms with Gasteiger partial charge in [0.25, 0.3) is 5.56 Å². The molecule has 1 aliphatic rings. The second kappa shape index (κ2) is 3.99. The molecule has 1 saturated heterocycles. The zero-order valence-corrected chi connectivity index (χ0v) is 10.8. The molecule has 1 aromatic heterocycles. The van der Waals surface area contributed by atoms with Gasteiger partial charge in [0, 0.05) is 12.2 Å². The van der Waals surface area contributed by atoms with Gasteiger partial charge >= 0.3 is 5.69 Å². The number of halogens is 1. The van der Waals surface area contributed by atoms with Gasteiger partial charge in [-0.3, -0.25) is 14.3 Å². The van der Waals surface area contributed by atoms with Crippen LogP contribution < -0.4 is 11.2 Å². The number of aromatic amines is 1. The quantitative estimate of drug-likeness (QED) is 0.765. The van der Waals surface area contributed by atoms with E-state index in [1.54, 1.807) is 6.92 Å². The summed E-state index contributed by atoms with van der Waals surface area (Å²) in [5.74, 6) is 0. The minimum absolute atomic E-state index is 0.103. The number of rotatable bonds is 1. The number of ether oxygens (including phenoxy) is 1. The molecule has 0 aliphatic carbocycles. The van der Waals surface area contributed by atoms with Gasteiger partial charge in [0.1, 0.15) is 5.15 Å². The highest BCUT2D eigenvalue weighted by molar-refractivity contribution is 6.30.